The second-order valence-electron chi connectivity index (χ2n) is 9.76. The number of aliphatic hydroxyl groups is 4. The van der Waals surface area contributed by atoms with Gasteiger partial charge in [-0.15, -0.1) is 0 Å². The molecule has 224 valence electrons. The van der Waals surface area contributed by atoms with Gasteiger partial charge in [-0.05, 0) is 12.8 Å². The van der Waals surface area contributed by atoms with Gasteiger partial charge in [-0.3, -0.25) is 0 Å². The van der Waals surface area contributed by atoms with Gasteiger partial charge in [0.2, 0.25) is 0 Å². The van der Waals surface area contributed by atoms with Crippen LogP contribution in [0.1, 0.15) is 156 Å². The first-order chi connectivity index (χ1) is 17.4. The Bertz CT molecular complexity index is 273. The average molecular weight is 565 g/mol. The van der Waals surface area contributed by atoms with Crippen molar-refractivity contribution >= 4 is 0 Å². The van der Waals surface area contributed by atoms with Crippen molar-refractivity contribution in [2.24, 2.45) is 11.8 Å². The molecule has 4 N–H and O–H groups in total. The summed E-state index contributed by atoms with van der Waals surface area (Å²) in [6.45, 7) is 19.9. The Morgan fingerprint density at radius 3 is 1.05 bits per heavy atom. The fourth-order valence-corrected chi connectivity index (χ4v) is 3.15. The van der Waals surface area contributed by atoms with Crippen LogP contribution in [0.4, 0.5) is 0 Å². The van der Waals surface area contributed by atoms with Crippen molar-refractivity contribution < 1.29 is 42.1 Å². The molecule has 0 aromatic carbocycles. The minimum Gasteiger partial charge on any atom is -0.566 e. The van der Waals surface area contributed by atoms with Crippen molar-refractivity contribution in [3.63, 3.8) is 0 Å². The Hall–Kier alpha value is 0.554. The van der Waals surface area contributed by atoms with E-state index in [1.54, 1.807) is 0 Å². The second kappa shape index (κ2) is 49.5. The average Bonchev–Trinajstić information content (AvgIpc) is 2.91. The summed E-state index contributed by atoms with van der Waals surface area (Å²) in [7, 11) is 0. The van der Waals surface area contributed by atoms with E-state index in [4.69, 9.17) is 20.4 Å². The molecule has 5 heteroatoms. The summed E-state index contributed by atoms with van der Waals surface area (Å²) in [6, 6.07) is 0. The number of rotatable bonds is 22. The van der Waals surface area contributed by atoms with Crippen molar-refractivity contribution in [2.45, 2.75) is 156 Å². The molecule has 0 aliphatic carbocycles. The molecule has 0 saturated heterocycles. The van der Waals surface area contributed by atoms with Crippen LogP contribution in [0.5, 0.6) is 0 Å². The van der Waals surface area contributed by atoms with E-state index in [2.05, 4.69) is 41.5 Å². The summed E-state index contributed by atoms with van der Waals surface area (Å²) in [5.74, 6) is 1.41. The minimum atomic E-state index is 0. The molecule has 2 atom stereocenters. The summed E-state index contributed by atoms with van der Waals surface area (Å²) < 4.78 is 0. The molecule has 0 saturated carbocycles. The quantitative estimate of drug-likeness (QED) is 0.0599. The Labute approximate surface area is 249 Å². The molecule has 0 aromatic rings. The Balaban J connectivity index is -0.000000123. The van der Waals surface area contributed by atoms with Gasteiger partial charge in [0.25, 0.3) is 0 Å². The van der Waals surface area contributed by atoms with E-state index in [9.17, 15) is 0 Å². The van der Waals surface area contributed by atoms with Crippen LogP contribution in [0.15, 0.2) is 0 Å². The van der Waals surface area contributed by atoms with Gasteiger partial charge in [0.05, 0.1) is 0 Å². The maximum absolute atomic E-state index is 8.42. The van der Waals surface area contributed by atoms with E-state index in [1.165, 1.54) is 77.4 Å². The smallest absolute Gasteiger partial charge is 0.566 e. The first-order valence-corrected chi connectivity index (χ1v) is 15.2. The van der Waals surface area contributed by atoms with E-state index in [-0.39, 0.29) is 21.7 Å². The standard InChI is InChI=1S/2C8H17O2.2C8H17.Ti/c2*9-7-5-3-1-2-4-6-8-10;2*1-4-6-7-8(3)5-2;/h2*7,9-10H,1-6,8H2;2*8H,3-7H2,1-2H3;/q4*-1;+4. The van der Waals surface area contributed by atoms with Gasteiger partial charge in [-0.2, -0.15) is 24.7 Å². The van der Waals surface area contributed by atoms with Crippen LogP contribution < -0.4 is 0 Å². The molecule has 0 fully saturated rings. The van der Waals surface area contributed by atoms with Crippen LogP contribution >= 0.6 is 0 Å². The van der Waals surface area contributed by atoms with Gasteiger partial charge in [-0.1, -0.05) is 130 Å². The van der Waals surface area contributed by atoms with Gasteiger partial charge in [0.1, 0.15) is 0 Å². The van der Waals surface area contributed by atoms with Crippen LogP contribution in [-0.4, -0.2) is 33.6 Å². The largest absolute Gasteiger partial charge is 4.00 e. The maximum atomic E-state index is 8.42. The van der Waals surface area contributed by atoms with Crippen molar-refractivity contribution in [1.29, 1.82) is 0 Å². The van der Waals surface area contributed by atoms with E-state index in [0.717, 1.165) is 64.2 Å². The molecule has 4 nitrogen and oxygen atoms in total. The summed E-state index contributed by atoms with van der Waals surface area (Å²) in [5.41, 5.74) is 0. The molecule has 0 aromatic heterocycles. The Morgan fingerprint density at radius 2 is 0.811 bits per heavy atom. The zero-order valence-corrected chi connectivity index (χ0v) is 27.1. The predicted octanol–water partition coefficient (Wildman–Crippen LogP) is 9.78. The molecule has 0 bridgehead atoms. The van der Waals surface area contributed by atoms with Crippen LogP contribution in [0.25, 0.3) is 0 Å². The monoisotopic (exact) mass is 564 g/mol. The van der Waals surface area contributed by atoms with Crippen molar-refractivity contribution in [3.8, 4) is 0 Å². The van der Waals surface area contributed by atoms with Gasteiger partial charge in [0.15, 0.2) is 0 Å². The number of hydrogen-bond donors (Lipinski definition) is 4. The molecule has 0 heterocycles. The molecule has 0 aliphatic heterocycles. The first kappa shape index (κ1) is 47.3. The summed E-state index contributed by atoms with van der Waals surface area (Å²) in [4.78, 5) is 0. The molecule has 0 amide bonds. The number of hydrogen-bond acceptors (Lipinski definition) is 4. The van der Waals surface area contributed by atoms with Gasteiger partial charge >= 0.3 is 21.7 Å². The normalized spacial score (nSPS) is 11.5. The van der Waals surface area contributed by atoms with Crippen LogP contribution in [-0.2, 0) is 21.7 Å². The Morgan fingerprint density at radius 1 is 0.514 bits per heavy atom. The van der Waals surface area contributed by atoms with Crippen molar-refractivity contribution in [3.05, 3.63) is 27.1 Å². The molecule has 0 rings (SSSR count). The van der Waals surface area contributed by atoms with Crippen molar-refractivity contribution in [1.82, 2.24) is 0 Å². The molecule has 0 radical (unpaired) electrons. The van der Waals surface area contributed by atoms with Crippen molar-refractivity contribution in [2.75, 3.05) is 13.2 Å². The maximum Gasteiger partial charge on any atom is 4.00 e. The molecule has 0 spiro atoms. The summed E-state index contributed by atoms with van der Waals surface area (Å²) in [5, 5.41) is 33.5. The fourth-order valence-electron chi connectivity index (χ4n) is 3.15. The first-order valence-electron chi connectivity index (χ1n) is 15.2. The van der Waals surface area contributed by atoms with E-state index < -0.39 is 0 Å². The summed E-state index contributed by atoms with van der Waals surface area (Å²) >= 11 is 0. The van der Waals surface area contributed by atoms with Gasteiger partial charge < -0.3 is 34.3 Å². The van der Waals surface area contributed by atoms with Gasteiger partial charge in [-0.25, -0.2) is 13.2 Å². The fraction of sp³-hybridized carbons (Fsp3) is 0.875. The third kappa shape index (κ3) is 61.9. The molecule has 0 aliphatic rings. The molecule has 37 heavy (non-hydrogen) atoms. The number of unbranched alkanes of at least 4 members (excludes halogenated alkanes) is 12. The third-order valence-electron chi connectivity index (χ3n) is 6.07. The van der Waals surface area contributed by atoms with E-state index in [0.29, 0.717) is 25.0 Å². The SMILES string of the molecule is O[CH-]CCCCCCCO.O[CH-]CCCCCCCO.[CH2-]C(CC)CCCC.[CH2-]C(CC)CCCC.[Ti+4]. The van der Waals surface area contributed by atoms with Gasteiger partial charge in [0, 0.05) is 13.2 Å². The zero-order valence-electron chi connectivity index (χ0n) is 25.6. The minimum absolute atomic E-state index is 0. The third-order valence-corrected chi connectivity index (χ3v) is 6.07. The van der Waals surface area contributed by atoms with E-state index in [1.807, 2.05) is 0 Å². The molecular formula is C32H68O4Ti. The predicted molar refractivity (Wildman–Crippen MR) is 159 cm³/mol. The molecular weight excluding hydrogens is 496 g/mol. The topological polar surface area (TPSA) is 80.9 Å². The van der Waals surface area contributed by atoms with Crippen LogP contribution in [0.3, 0.4) is 0 Å². The summed E-state index contributed by atoms with van der Waals surface area (Å²) in [6.07, 6.45) is 22.9. The van der Waals surface area contributed by atoms with Crippen LogP contribution in [0, 0.1) is 38.9 Å². The van der Waals surface area contributed by atoms with E-state index >= 15 is 0 Å². The number of aliphatic hydroxyl groups excluding tert-OH is 4. The second-order valence-corrected chi connectivity index (χ2v) is 9.76. The van der Waals surface area contributed by atoms with Crippen LogP contribution in [0.2, 0.25) is 0 Å². The Kier molecular flexibility index (Phi) is 63.3. The zero-order chi connectivity index (χ0) is 28.1. The molecule has 2 unspecified atom stereocenters.